The molecule has 1 saturated heterocycles. The molecule has 7 nitrogen and oxygen atoms in total. The molecule has 0 atom stereocenters. The van der Waals surface area contributed by atoms with Gasteiger partial charge in [0, 0.05) is 26.1 Å². The smallest absolute Gasteiger partial charge is 0.350 e. The second-order valence-corrected chi connectivity index (χ2v) is 5.18. The Balaban J connectivity index is 2.30. The van der Waals surface area contributed by atoms with E-state index in [1.165, 1.54) is 13.8 Å². The minimum absolute atomic E-state index is 0.352. The van der Waals surface area contributed by atoms with E-state index in [-0.39, 0.29) is 5.69 Å². The summed E-state index contributed by atoms with van der Waals surface area (Å²) in [4.78, 5) is 34.9. The van der Waals surface area contributed by atoms with E-state index in [2.05, 4.69) is 10.1 Å². The topological polar surface area (TPSA) is 90.9 Å². The third-order valence-corrected chi connectivity index (χ3v) is 2.95. The lowest BCUT2D eigenvalue weighted by Gasteiger charge is -2.29. The van der Waals surface area contributed by atoms with E-state index in [4.69, 9.17) is 9.47 Å². The van der Waals surface area contributed by atoms with Crippen molar-refractivity contribution in [2.45, 2.75) is 19.6 Å². The second kappa shape index (κ2) is 6.26. The van der Waals surface area contributed by atoms with Gasteiger partial charge in [0.15, 0.2) is 5.57 Å². The molecule has 0 spiro atoms. The number of carbonyl (C=O) groups excluding carboxylic acids is 3. The van der Waals surface area contributed by atoms with Crippen molar-refractivity contribution in [3.8, 4) is 0 Å². The molecule has 1 N–H and O–H groups in total. The van der Waals surface area contributed by atoms with Crippen LogP contribution >= 0.6 is 0 Å². The number of benzene rings is 1. The zero-order chi connectivity index (χ0) is 18.1. The molecule has 0 radical (unpaired) electrons. The third-order valence-electron chi connectivity index (χ3n) is 2.95. The molecular formula is C15H13F2NO6. The number of methoxy groups -OCH3 is 1. The molecule has 0 aliphatic carbocycles. The molecule has 0 bridgehead atoms. The number of anilines is 1. The quantitative estimate of drug-likeness (QED) is 0.510. The van der Waals surface area contributed by atoms with E-state index < -0.39 is 46.5 Å². The Labute approximate surface area is 135 Å². The van der Waals surface area contributed by atoms with Gasteiger partial charge < -0.3 is 19.5 Å². The highest BCUT2D eigenvalue weighted by Crippen LogP contribution is 2.24. The maximum Gasteiger partial charge on any atom is 0.350 e. The van der Waals surface area contributed by atoms with Gasteiger partial charge in [0.25, 0.3) is 5.79 Å². The second-order valence-electron chi connectivity index (χ2n) is 5.18. The van der Waals surface area contributed by atoms with E-state index >= 15 is 0 Å². The van der Waals surface area contributed by atoms with Gasteiger partial charge in [0.05, 0.1) is 18.4 Å². The van der Waals surface area contributed by atoms with Gasteiger partial charge in [-0.05, 0) is 6.07 Å². The summed E-state index contributed by atoms with van der Waals surface area (Å²) >= 11 is 0. The number of rotatable bonds is 3. The Hall–Kier alpha value is -2.97. The van der Waals surface area contributed by atoms with Crippen molar-refractivity contribution in [2.24, 2.45) is 0 Å². The molecule has 9 heteroatoms. The van der Waals surface area contributed by atoms with Gasteiger partial charge in [-0.3, -0.25) is 0 Å². The first-order chi connectivity index (χ1) is 11.1. The zero-order valence-electron chi connectivity index (χ0n) is 12.9. The van der Waals surface area contributed by atoms with E-state index in [0.717, 1.165) is 19.4 Å². The molecule has 1 aromatic carbocycles. The fraction of sp³-hybridized carbons (Fsp3) is 0.267. The Morgan fingerprint density at radius 3 is 2.29 bits per heavy atom. The predicted molar refractivity (Wildman–Crippen MR) is 75.7 cm³/mol. The van der Waals surface area contributed by atoms with Crippen molar-refractivity contribution in [3.05, 3.63) is 41.1 Å². The molecule has 0 unspecified atom stereocenters. The first kappa shape index (κ1) is 17.4. The van der Waals surface area contributed by atoms with E-state index in [9.17, 15) is 23.2 Å². The first-order valence-electron chi connectivity index (χ1n) is 6.65. The molecule has 1 aliphatic heterocycles. The Kier molecular flexibility index (Phi) is 4.54. The minimum atomic E-state index is -1.41. The predicted octanol–water partition coefficient (Wildman–Crippen LogP) is 1.88. The SMILES string of the molecule is COC(=O)c1cc(NC=C2C(=O)OC(C)(C)OC2=O)c(F)cc1F. The minimum Gasteiger partial charge on any atom is -0.465 e. The van der Waals surface area contributed by atoms with Crippen molar-refractivity contribution in [1.29, 1.82) is 0 Å². The highest BCUT2D eigenvalue weighted by molar-refractivity contribution is 6.15. The summed E-state index contributed by atoms with van der Waals surface area (Å²) in [7, 11) is 1.04. The van der Waals surface area contributed by atoms with Crippen LogP contribution < -0.4 is 5.32 Å². The number of esters is 3. The van der Waals surface area contributed by atoms with Gasteiger partial charge in [-0.2, -0.15) is 0 Å². The highest BCUT2D eigenvalue weighted by atomic mass is 19.1. The monoisotopic (exact) mass is 341 g/mol. The summed E-state index contributed by atoms with van der Waals surface area (Å²) in [5, 5.41) is 2.30. The summed E-state index contributed by atoms with van der Waals surface area (Å²) in [6.45, 7) is 2.74. The first-order valence-corrected chi connectivity index (χ1v) is 6.65. The molecule has 0 aromatic heterocycles. The molecule has 128 valence electrons. The lowest BCUT2D eigenvalue weighted by atomic mass is 10.1. The van der Waals surface area contributed by atoms with Gasteiger partial charge in [-0.1, -0.05) is 0 Å². The van der Waals surface area contributed by atoms with Crippen LogP contribution in [0.3, 0.4) is 0 Å². The zero-order valence-corrected chi connectivity index (χ0v) is 12.9. The number of carbonyl (C=O) groups is 3. The molecule has 2 rings (SSSR count). The molecule has 0 saturated carbocycles. The van der Waals surface area contributed by atoms with Crippen LogP contribution in [0.15, 0.2) is 23.9 Å². The normalized spacial score (nSPS) is 16.1. The number of ether oxygens (including phenoxy) is 3. The molecule has 1 heterocycles. The molecule has 1 aliphatic rings. The van der Waals surface area contributed by atoms with Crippen LogP contribution in [0, 0.1) is 11.6 Å². The van der Waals surface area contributed by atoms with Crippen LogP contribution in [0.5, 0.6) is 0 Å². The Morgan fingerprint density at radius 1 is 1.17 bits per heavy atom. The average Bonchev–Trinajstić information content (AvgIpc) is 2.46. The highest BCUT2D eigenvalue weighted by Gasteiger charge is 2.39. The maximum atomic E-state index is 13.8. The number of nitrogens with one attached hydrogen (secondary N) is 1. The van der Waals surface area contributed by atoms with E-state index in [1.54, 1.807) is 0 Å². The Bertz CT molecular complexity index is 735. The summed E-state index contributed by atoms with van der Waals surface area (Å²) in [5.74, 6) is -6.53. The number of hydrogen-bond acceptors (Lipinski definition) is 7. The summed E-state index contributed by atoms with van der Waals surface area (Å²) in [6, 6.07) is 1.31. The van der Waals surface area contributed by atoms with Crippen molar-refractivity contribution in [3.63, 3.8) is 0 Å². The third kappa shape index (κ3) is 3.50. The number of halogens is 2. The molecular weight excluding hydrogens is 328 g/mol. The fourth-order valence-corrected chi connectivity index (χ4v) is 1.85. The van der Waals surface area contributed by atoms with Crippen LogP contribution in [-0.2, 0) is 23.8 Å². The lowest BCUT2D eigenvalue weighted by Crippen LogP contribution is -2.42. The van der Waals surface area contributed by atoms with Gasteiger partial charge in [0.2, 0.25) is 0 Å². The van der Waals surface area contributed by atoms with Crippen molar-refractivity contribution in [1.82, 2.24) is 0 Å². The average molecular weight is 341 g/mol. The molecule has 1 fully saturated rings. The standard InChI is InChI=1S/C15H13F2NO6/c1-15(2)23-13(20)8(14(21)24-15)6-18-11-4-7(12(19)22-3)9(16)5-10(11)17/h4-6,18H,1-3H3. The van der Waals surface area contributed by atoms with Gasteiger partial charge >= 0.3 is 17.9 Å². The largest absolute Gasteiger partial charge is 0.465 e. The summed E-state index contributed by atoms with van der Waals surface area (Å²) < 4.78 is 41.4. The lowest BCUT2D eigenvalue weighted by molar-refractivity contribution is -0.222. The fourth-order valence-electron chi connectivity index (χ4n) is 1.85. The van der Waals surface area contributed by atoms with Crippen LogP contribution in [0.2, 0.25) is 0 Å². The van der Waals surface area contributed by atoms with Crippen molar-refractivity contribution in [2.75, 3.05) is 12.4 Å². The summed E-state index contributed by atoms with van der Waals surface area (Å²) in [5.41, 5.74) is -1.39. The van der Waals surface area contributed by atoms with Crippen LogP contribution in [0.4, 0.5) is 14.5 Å². The number of cyclic esters (lactones) is 2. The van der Waals surface area contributed by atoms with Crippen molar-refractivity contribution < 1.29 is 37.4 Å². The molecule has 24 heavy (non-hydrogen) atoms. The molecule has 0 amide bonds. The molecule has 1 aromatic rings. The van der Waals surface area contributed by atoms with Crippen LogP contribution in [-0.4, -0.2) is 30.8 Å². The van der Waals surface area contributed by atoms with E-state index in [1.807, 2.05) is 0 Å². The van der Waals surface area contributed by atoms with Crippen LogP contribution in [0.25, 0.3) is 0 Å². The maximum absolute atomic E-state index is 13.8. The van der Waals surface area contributed by atoms with Crippen molar-refractivity contribution >= 4 is 23.6 Å². The van der Waals surface area contributed by atoms with Gasteiger partial charge in [-0.25, -0.2) is 23.2 Å². The van der Waals surface area contributed by atoms with Gasteiger partial charge in [0.1, 0.15) is 11.6 Å². The summed E-state index contributed by atoms with van der Waals surface area (Å²) in [6.07, 6.45) is 0.845. The van der Waals surface area contributed by atoms with Crippen LogP contribution in [0.1, 0.15) is 24.2 Å². The van der Waals surface area contributed by atoms with E-state index in [0.29, 0.717) is 6.07 Å². The Morgan fingerprint density at radius 2 is 1.75 bits per heavy atom. The van der Waals surface area contributed by atoms with Gasteiger partial charge in [-0.15, -0.1) is 0 Å². The number of hydrogen-bond donors (Lipinski definition) is 1.